The third-order valence-electron chi connectivity index (χ3n) is 3.42. The van der Waals surface area contributed by atoms with Crippen LogP contribution in [0.3, 0.4) is 0 Å². The minimum absolute atomic E-state index is 0.202. The fraction of sp³-hybridized carbons (Fsp3) is 0.818. The van der Waals surface area contributed by atoms with Crippen LogP contribution in [0.15, 0.2) is 0 Å². The predicted molar refractivity (Wildman–Crippen MR) is 62.6 cm³/mol. The summed E-state index contributed by atoms with van der Waals surface area (Å²) in [4.78, 5) is 11.0. The maximum atomic E-state index is 11.0. The van der Waals surface area contributed by atoms with Crippen molar-refractivity contribution in [3.63, 3.8) is 0 Å². The van der Waals surface area contributed by atoms with E-state index in [0.29, 0.717) is 5.92 Å². The molecular formula is C11H20N4O2. The summed E-state index contributed by atoms with van der Waals surface area (Å²) in [6.07, 6.45) is 0. The quantitative estimate of drug-likeness (QED) is 0.847. The van der Waals surface area contributed by atoms with Gasteiger partial charge in [-0.1, -0.05) is 20.8 Å². The highest BCUT2D eigenvalue weighted by Gasteiger charge is 2.27. The van der Waals surface area contributed by atoms with Gasteiger partial charge in [-0.25, -0.2) is 4.68 Å². The molecule has 1 aromatic heterocycles. The van der Waals surface area contributed by atoms with Crippen molar-refractivity contribution in [3.8, 4) is 0 Å². The molecule has 3 atom stereocenters. The van der Waals surface area contributed by atoms with E-state index in [0.717, 1.165) is 5.82 Å². The first-order chi connectivity index (χ1) is 7.86. The third kappa shape index (κ3) is 2.81. The SMILES string of the molecule is CC(C)C(C)c1nnnn1C(C)C(C)C(=O)O. The highest BCUT2D eigenvalue weighted by atomic mass is 16.4. The average Bonchev–Trinajstić information content (AvgIpc) is 2.74. The Balaban J connectivity index is 2.99. The number of aliphatic carboxylic acids is 1. The van der Waals surface area contributed by atoms with Crippen molar-refractivity contribution in [1.82, 2.24) is 20.2 Å². The lowest BCUT2D eigenvalue weighted by atomic mass is 9.96. The summed E-state index contributed by atoms with van der Waals surface area (Å²) in [7, 11) is 0. The molecule has 3 unspecified atom stereocenters. The number of tetrazole rings is 1. The Hall–Kier alpha value is -1.46. The zero-order chi connectivity index (χ0) is 13.2. The zero-order valence-electron chi connectivity index (χ0n) is 11.0. The van der Waals surface area contributed by atoms with E-state index in [1.165, 1.54) is 0 Å². The van der Waals surface area contributed by atoms with Gasteiger partial charge in [0.1, 0.15) is 0 Å². The van der Waals surface area contributed by atoms with Gasteiger partial charge in [-0.2, -0.15) is 0 Å². The average molecular weight is 240 g/mol. The second kappa shape index (κ2) is 5.25. The van der Waals surface area contributed by atoms with Gasteiger partial charge >= 0.3 is 5.97 Å². The summed E-state index contributed by atoms with van der Waals surface area (Å²) in [5.74, 6) is 0.00823. The van der Waals surface area contributed by atoms with Crippen LogP contribution in [0.25, 0.3) is 0 Å². The van der Waals surface area contributed by atoms with Gasteiger partial charge in [0.15, 0.2) is 5.82 Å². The lowest BCUT2D eigenvalue weighted by molar-refractivity contribution is -0.142. The van der Waals surface area contributed by atoms with Crippen molar-refractivity contribution >= 4 is 5.97 Å². The van der Waals surface area contributed by atoms with E-state index >= 15 is 0 Å². The minimum Gasteiger partial charge on any atom is -0.481 e. The molecule has 1 aromatic rings. The first-order valence-corrected chi connectivity index (χ1v) is 5.86. The number of carbonyl (C=O) groups is 1. The Labute approximate surface area is 101 Å². The van der Waals surface area contributed by atoms with Crippen molar-refractivity contribution in [3.05, 3.63) is 5.82 Å². The molecule has 0 spiro atoms. The first kappa shape index (κ1) is 13.6. The number of carboxylic acids is 1. The second-order valence-electron chi connectivity index (χ2n) is 4.88. The van der Waals surface area contributed by atoms with Gasteiger partial charge in [0, 0.05) is 5.92 Å². The van der Waals surface area contributed by atoms with E-state index in [9.17, 15) is 4.79 Å². The van der Waals surface area contributed by atoms with E-state index in [-0.39, 0.29) is 12.0 Å². The van der Waals surface area contributed by atoms with Crippen LogP contribution in [0.5, 0.6) is 0 Å². The van der Waals surface area contributed by atoms with Gasteiger partial charge < -0.3 is 5.11 Å². The molecule has 0 amide bonds. The van der Waals surface area contributed by atoms with Crippen molar-refractivity contribution in [2.24, 2.45) is 11.8 Å². The number of carboxylic acid groups (broad SMARTS) is 1. The molecule has 0 bridgehead atoms. The van der Waals surface area contributed by atoms with Gasteiger partial charge in [-0.05, 0) is 30.2 Å². The van der Waals surface area contributed by atoms with Crippen molar-refractivity contribution in [1.29, 1.82) is 0 Å². The molecule has 0 saturated carbocycles. The molecule has 1 N–H and O–H groups in total. The maximum Gasteiger partial charge on any atom is 0.308 e. The largest absolute Gasteiger partial charge is 0.481 e. The standard InChI is InChI=1S/C11H20N4O2/c1-6(2)7(3)10-12-13-14-15(10)9(5)8(4)11(16)17/h6-9H,1-5H3,(H,16,17). The lowest BCUT2D eigenvalue weighted by Crippen LogP contribution is -2.25. The molecule has 0 aliphatic heterocycles. The van der Waals surface area contributed by atoms with Crippen LogP contribution in [0.1, 0.15) is 52.4 Å². The molecule has 0 radical (unpaired) electrons. The summed E-state index contributed by atoms with van der Waals surface area (Å²) in [6, 6.07) is -0.251. The van der Waals surface area contributed by atoms with Crippen LogP contribution in [0.2, 0.25) is 0 Å². The Kier molecular flexibility index (Phi) is 4.20. The summed E-state index contributed by atoms with van der Waals surface area (Å²) in [5, 5.41) is 20.6. The van der Waals surface area contributed by atoms with E-state index in [1.54, 1.807) is 11.6 Å². The van der Waals surface area contributed by atoms with Crippen LogP contribution in [0.4, 0.5) is 0 Å². The molecule has 0 fully saturated rings. The molecule has 6 nitrogen and oxygen atoms in total. The summed E-state index contributed by atoms with van der Waals surface area (Å²) >= 11 is 0. The first-order valence-electron chi connectivity index (χ1n) is 5.86. The van der Waals surface area contributed by atoms with Crippen LogP contribution in [-0.4, -0.2) is 31.3 Å². The van der Waals surface area contributed by atoms with Gasteiger partial charge in [0.2, 0.25) is 0 Å². The second-order valence-corrected chi connectivity index (χ2v) is 4.88. The van der Waals surface area contributed by atoms with Crippen molar-refractivity contribution in [2.45, 2.75) is 46.6 Å². The number of nitrogens with zero attached hydrogens (tertiary/aromatic N) is 4. The molecule has 1 heterocycles. The van der Waals surface area contributed by atoms with E-state index in [2.05, 4.69) is 29.4 Å². The molecule has 0 aliphatic rings. The topological polar surface area (TPSA) is 80.9 Å². The minimum atomic E-state index is -0.837. The number of hydrogen-bond donors (Lipinski definition) is 1. The molecule has 0 aliphatic carbocycles. The van der Waals surface area contributed by atoms with E-state index in [4.69, 9.17) is 5.11 Å². The molecule has 1 rings (SSSR count). The van der Waals surface area contributed by atoms with Crippen LogP contribution in [0, 0.1) is 11.8 Å². The lowest BCUT2D eigenvalue weighted by Gasteiger charge is -2.21. The molecular weight excluding hydrogens is 220 g/mol. The van der Waals surface area contributed by atoms with Gasteiger partial charge in [0.05, 0.1) is 12.0 Å². The molecule has 6 heteroatoms. The van der Waals surface area contributed by atoms with E-state index < -0.39 is 11.9 Å². The van der Waals surface area contributed by atoms with Crippen LogP contribution < -0.4 is 0 Å². The maximum absolute atomic E-state index is 11.0. The monoisotopic (exact) mass is 240 g/mol. The van der Waals surface area contributed by atoms with Crippen molar-refractivity contribution < 1.29 is 9.90 Å². The highest BCUT2D eigenvalue weighted by molar-refractivity contribution is 5.70. The Bertz CT molecular complexity index is 389. The Morgan fingerprint density at radius 2 is 1.82 bits per heavy atom. The fourth-order valence-corrected chi connectivity index (χ4v) is 1.51. The number of rotatable bonds is 5. The molecule has 96 valence electrons. The molecule has 17 heavy (non-hydrogen) atoms. The molecule has 0 saturated heterocycles. The fourth-order valence-electron chi connectivity index (χ4n) is 1.51. The predicted octanol–water partition coefficient (Wildman–Crippen LogP) is 1.71. The van der Waals surface area contributed by atoms with Gasteiger partial charge in [-0.15, -0.1) is 5.10 Å². The Morgan fingerprint density at radius 1 is 1.24 bits per heavy atom. The summed E-state index contributed by atoms with van der Waals surface area (Å²) in [6.45, 7) is 9.72. The normalized spacial score (nSPS) is 16.8. The van der Waals surface area contributed by atoms with Crippen LogP contribution >= 0.6 is 0 Å². The zero-order valence-corrected chi connectivity index (χ0v) is 11.0. The van der Waals surface area contributed by atoms with E-state index in [1.807, 2.05) is 13.8 Å². The highest BCUT2D eigenvalue weighted by Crippen LogP contribution is 2.25. The number of aromatic nitrogens is 4. The smallest absolute Gasteiger partial charge is 0.308 e. The third-order valence-corrected chi connectivity index (χ3v) is 3.42. The van der Waals surface area contributed by atoms with Gasteiger partial charge in [-0.3, -0.25) is 4.79 Å². The number of hydrogen-bond acceptors (Lipinski definition) is 4. The Morgan fingerprint density at radius 3 is 2.29 bits per heavy atom. The van der Waals surface area contributed by atoms with Crippen LogP contribution in [-0.2, 0) is 4.79 Å². The van der Waals surface area contributed by atoms with Crippen molar-refractivity contribution in [2.75, 3.05) is 0 Å². The molecule has 0 aromatic carbocycles. The summed E-state index contributed by atoms with van der Waals surface area (Å²) < 4.78 is 1.63. The van der Waals surface area contributed by atoms with Gasteiger partial charge in [0.25, 0.3) is 0 Å². The summed E-state index contributed by atoms with van der Waals surface area (Å²) in [5.41, 5.74) is 0.